The molecule has 1 aliphatic heterocycles. The molecule has 1 N–H and O–H groups in total. The Kier molecular flexibility index (Phi) is 4.34. The van der Waals surface area contributed by atoms with Crippen LogP contribution in [0.1, 0.15) is 34.0 Å². The number of carbonyl (C=O) groups is 1. The second-order valence-corrected chi connectivity index (χ2v) is 10.2. The van der Waals surface area contributed by atoms with E-state index in [1.165, 1.54) is 31.9 Å². The van der Waals surface area contributed by atoms with E-state index in [9.17, 15) is 4.79 Å². The molecule has 1 amide bonds. The van der Waals surface area contributed by atoms with Crippen molar-refractivity contribution in [2.24, 2.45) is 0 Å². The first kappa shape index (κ1) is 19.5. The zero-order valence-electron chi connectivity index (χ0n) is 17.8. The van der Waals surface area contributed by atoms with Gasteiger partial charge in [0.2, 0.25) is 11.0 Å². The van der Waals surface area contributed by atoms with Gasteiger partial charge in [-0.25, -0.2) is 4.98 Å². The number of benzene rings is 2. The van der Waals surface area contributed by atoms with Gasteiger partial charge in [0.05, 0.1) is 23.0 Å². The first-order valence-corrected chi connectivity index (χ1v) is 12.0. The van der Waals surface area contributed by atoms with Crippen LogP contribution in [0, 0.1) is 13.8 Å². The highest BCUT2D eigenvalue weighted by Crippen LogP contribution is 2.46. The van der Waals surface area contributed by atoms with Gasteiger partial charge < -0.3 is 10.1 Å². The number of aryl methyl sites for hydroxylation is 2. The lowest BCUT2D eigenvalue weighted by atomic mass is 9.84. The maximum atomic E-state index is 12.8. The van der Waals surface area contributed by atoms with Crippen LogP contribution in [0.2, 0.25) is 0 Å². The Hall–Kier alpha value is -3.23. The molecule has 6 nitrogen and oxygen atoms in total. The van der Waals surface area contributed by atoms with Crippen LogP contribution in [-0.2, 0) is 4.79 Å². The second kappa shape index (κ2) is 7.15. The zero-order valence-corrected chi connectivity index (χ0v) is 19.4. The highest BCUT2D eigenvalue weighted by Gasteiger charge is 2.35. The third-order valence-corrected chi connectivity index (χ3v) is 8.13. The molecule has 8 heteroatoms. The van der Waals surface area contributed by atoms with Crippen molar-refractivity contribution >= 4 is 54.7 Å². The molecule has 0 saturated carbocycles. The number of methoxy groups -OCH3 is 1. The van der Waals surface area contributed by atoms with Crippen molar-refractivity contribution in [3.05, 3.63) is 64.2 Å². The van der Waals surface area contributed by atoms with E-state index in [4.69, 9.17) is 14.8 Å². The fraction of sp³-hybridized carbons (Fsp3) is 0.208. The van der Waals surface area contributed by atoms with Gasteiger partial charge in [-0.15, -0.1) is 11.3 Å². The number of amides is 1. The molecule has 0 spiro atoms. The third-order valence-electron chi connectivity index (χ3n) is 6.04. The number of carbonyl (C=O) groups excluding carboxylic acids is 1. The van der Waals surface area contributed by atoms with Crippen LogP contribution in [0.15, 0.2) is 42.5 Å². The molecule has 2 aromatic carbocycles. The Labute approximate surface area is 192 Å². The number of anilines is 1. The molecule has 160 valence electrons. The molecule has 4 heterocycles. The number of hydrogen-bond acceptors (Lipinski definition) is 6. The standard InChI is InChI=1S/C24H20N4O2S2/c1-12-21-16(22-13(2)31-18-7-5-4-6-15(18)22)11-20(29)26-23(21)28(27-12)24-25-17-9-8-14(30-3)10-19(17)32-24/h4-10,16H,11H2,1-3H3,(H,26,29)/t16-/m0/s1. The van der Waals surface area contributed by atoms with Crippen LogP contribution in [0.4, 0.5) is 5.82 Å². The van der Waals surface area contributed by atoms with Gasteiger partial charge in [-0.2, -0.15) is 9.78 Å². The summed E-state index contributed by atoms with van der Waals surface area (Å²) >= 11 is 3.31. The number of hydrogen-bond donors (Lipinski definition) is 1. The molecule has 1 aliphatic rings. The van der Waals surface area contributed by atoms with Gasteiger partial charge in [0, 0.05) is 27.5 Å². The normalized spacial score (nSPS) is 15.8. The molecule has 5 aromatic rings. The van der Waals surface area contributed by atoms with Crippen molar-refractivity contribution in [2.45, 2.75) is 26.2 Å². The summed E-state index contributed by atoms with van der Waals surface area (Å²) in [5, 5.41) is 9.86. The summed E-state index contributed by atoms with van der Waals surface area (Å²) in [7, 11) is 1.65. The molecular formula is C24H20N4O2S2. The first-order chi connectivity index (χ1) is 15.5. The number of fused-ring (bicyclic) bond motifs is 3. The minimum atomic E-state index is -0.0295. The quantitative estimate of drug-likeness (QED) is 0.370. The van der Waals surface area contributed by atoms with E-state index < -0.39 is 0 Å². The number of aromatic nitrogens is 3. The van der Waals surface area contributed by atoms with Crippen LogP contribution >= 0.6 is 22.7 Å². The fourth-order valence-electron chi connectivity index (χ4n) is 4.66. The zero-order chi connectivity index (χ0) is 22.0. The van der Waals surface area contributed by atoms with Crippen molar-refractivity contribution in [3.8, 4) is 10.9 Å². The Morgan fingerprint density at radius 1 is 1.09 bits per heavy atom. The second-order valence-electron chi connectivity index (χ2n) is 7.96. The molecule has 3 aromatic heterocycles. The molecule has 1 atom stereocenters. The number of thiazole rings is 1. The van der Waals surface area contributed by atoms with Gasteiger partial charge in [0.1, 0.15) is 11.6 Å². The number of ether oxygens (including phenoxy) is 1. The number of rotatable bonds is 3. The minimum Gasteiger partial charge on any atom is -0.497 e. The van der Waals surface area contributed by atoms with E-state index in [0.29, 0.717) is 6.42 Å². The Morgan fingerprint density at radius 3 is 2.78 bits per heavy atom. The maximum absolute atomic E-state index is 12.8. The summed E-state index contributed by atoms with van der Waals surface area (Å²) in [6.45, 7) is 4.16. The summed E-state index contributed by atoms with van der Waals surface area (Å²) in [5.74, 6) is 1.49. The molecule has 0 bridgehead atoms. The molecule has 0 radical (unpaired) electrons. The summed E-state index contributed by atoms with van der Waals surface area (Å²) in [6.07, 6.45) is 0.415. The minimum absolute atomic E-state index is 0.00103. The highest BCUT2D eigenvalue weighted by atomic mass is 32.1. The van der Waals surface area contributed by atoms with E-state index in [2.05, 4.69) is 36.5 Å². The average Bonchev–Trinajstić information content (AvgIpc) is 3.45. The summed E-state index contributed by atoms with van der Waals surface area (Å²) in [4.78, 5) is 18.9. The lowest BCUT2D eigenvalue weighted by Gasteiger charge is -2.24. The molecule has 6 rings (SSSR count). The average molecular weight is 461 g/mol. The number of thiophene rings is 1. The summed E-state index contributed by atoms with van der Waals surface area (Å²) in [6, 6.07) is 14.2. The largest absolute Gasteiger partial charge is 0.497 e. The van der Waals surface area contributed by atoms with Gasteiger partial charge in [-0.05, 0) is 49.1 Å². The molecule has 32 heavy (non-hydrogen) atoms. The van der Waals surface area contributed by atoms with Crippen LogP contribution in [0.25, 0.3) is 25.4 Å². The van der Waals surface area contributed by atoms with Crippen LogP contribution in [-0.4, -0.2) is 27.8 Å². The van der Waals surface area contributed by atoms with Crippen molar-refractivity contribution in [1.29, 1.82) is 0 Å². The topological polar surface area (TPSA) is 69.0 Å². The smallest absolute Gasteiger partial charge is 0.226 e. The van der Waals surface area contributed by atoms with Crippen LogP contribution in [0.3, 0.4) is 0 Å². The predicted molar refractivity (Wildman–Crippen MR) is 130 cm³/mol. The van der Waals surface area contributed by atoms with Crippen molar-refractivity contribution in [2.75, 3.05) is 12.4 Å². The Bertz CT molecular complexity index is 1530. The van der Waals surface area contributed by atoms with Crippen LogP contribution in [0.5, 0.6) is 5.75 Å². The fourth-order valence-corrected chi connectivity index (χ4v) is 6.74. The van der Waals surface area contributed by atoms with E-state index in [0.717, 1.165) is 38.2 Å². The van der Waals surface area contributed by atoms with E-state index in [1.807, 2.05) is 25.1 Å². The van der Waals surface area contributed by atoms with Crippen molar-refractivity contribution < 1.29 is 9.53 Å². The predicted octanol–water partition coefficient (Wildman–Crippen LogP) is 5.80. The van der Waals surface area contributed by atoms with Crippen molar-refractivity contribution in [1.82, 2.24) is 14.8 Å². The van der Waals surface area contributed by atoms with Gasteiger partial charge in [-0.3, -0.25) is 4.79 Å². The van der Waals surface area contributed by atoms with Gasteiger partial charge in [0.15, 0.2) is 0 Å². The lowest BCUT2D eigenvalue weighted by molar-refractivity contribution is -0.116. The SMILES string of the molecule is COc1ccc2nc(-n3nc(C)c4c3NC(=O)C[C@@H]4c3c(C)sc4ccccc34)sc2c1. The van der Waals surface area contributed by atoms with E-state index >= 15 is 0 Å². The van der Waals surface area contributed by atoms with Gasteiger partial charge >= 0.3 is 0 Å². The lowest BCUT2D eigenvalue weighted by Crippen LogP contribution is -2.25. The molecule has 0 unspecified atom stereocenters. The Balaban J connectivity index is 1.54. The summed E-state index contributed by atoms with van der Waals surface area (Å²) in [5.41, 5.74) is 4.11. The van der Waals surface area contributed by atoms with Crippen molar-refractivity contribution in [3.63, 3.8) is 0 Å². The molecule has 0 aliphatic carbocycles. The molecular weight excluding hydrogens is 440 g/mol. The van der Waals surface area contributed by atoms with Crippen LogP contribution < -0.4 is 10.1 Å². The third kappa shape index (κ3) is 2.87. The first-order valence-electron chi connectivity index (χ1n) is 10.4. The monoisotopic (exact) mass is 460 g/mol. The van der Waals surface area contributed by atoms with Gasteiger partial charge in [0.25, 0.3) is 0 Å². The summed E-state index contributed by atoms with van der Waals surface area (Å²) < 4.78 is 9.40. The highest BCUT2D eigenvalue weighted by molar-refractivity contribution is 7.20. The molecule has 0 saturated heterocycles. The van der Waals surface area contributed by atoms with E-state index in [1.54, 1.807) is 23.1 Å². The number of nitrogens with one attached hydrogen (secondary N) is 1. The maximum Gasteiger partial charge on any atom is 0.226 e. The number of nitrogens with zero attached hydrogens (tertiary/aromatic N) is 3. The molecule has 0 fully saturated rings. The Morgan fingerprint density at radius 2 is 1.94 bits per heavy atom. The van der Waals surface area contributed by atoms with E-state index in [-0.39, 0.29) is 11.8 Å². The van der Waals surface area contributed by atoms with Gasteiger partial charge in [-0.1, -0.05) is 29.5 Å².